The summed E-state index contributed by atoms with van der Waals surface area (Å²) >= 11 is 0. The van der Waals surface area contributed by atoms with Gasteiger partial charge in [-0.1, -0.05) is 13.3 Å². The fraction of sp³-hybridized carbons (Fsp3) is 0.500. The van der Waals surface area contributed by atoms with Gasteiger partial charge in [0.15, 0.2) is 0 Å². The number of hydrogen-bond donors (Lipinski definition) is 4. The van der Waals surface area contributed by atoms with Crippen molar-refractivity contribution in [1.82, 2.24) is 4.98 Å². The first-order valence-corrected chi connectivity index (χ1v) is 5.83. The molecule has 0 aliphatic rings. The van der Waals surface area contributed by atoms with Crippen LogP contribution in [0.2, 0.25) is 0 Å². The van der Waals surface area contributed by atoms with Crippen molar-refractivity contribution in [2.45, 2.75) is 25.8 Å². The highest BCUT2D eigenvalue weighted by atomic mass is 16.4. The van der Waals surface area contributed by atoms with Gasteiger partial charge in [0.2, 0.25) is 0 Å². The van der Waals surface area contributed by atoms with E-state index >= 15 is 0 Å². The highest BCUT2D eigenvalue weighted by Gasteiger charge is 2.11. The SMILES string of the molecule is CCCc1cc(C(=O)O)cc(NC(CO)CO)n1. The van der Waals surface area contributed by atoms with Crippen LogP contribution in [0.4, 0.5) is 5.82 Å². The zero-order valence-electron chi connectivity index (χ0n) is 10.3. The lowest BCUT2D eigenvalue weighted by Gasteiger charge is -2.15. The Morgan fingerprint density at radius 3 is 2.56 bits per heavy atom. The van der Waals surface area contributed by atoms with Gasteiger partial charge in [0.1, 0.15) is 5.82 Å². The van der Waals surface area contributed by atoms with E-state index in [1.54, 1.807) is 0 Å². The minimum absolute atomic E-state index is 0.144. The molecule has 0 amide bonds. The third-order valence-corrected chi connectivity index (χ3v) is 2.42. The molecular weight excluding hydrogens is 236 g/mol. The van der Waals surface area contributed by atoms with E-state index in [-0.39, 0.29) is 18.8 Å². The third kappa shape index (κ3) is 3.97. The molecule has 6 nitrogen and oxygen atoms in total. The molecule has 1 aromatic rings. The summed E-state index contributed by atoms with van der Waals surface area (Å²) in [4.78, 5) is 15.2. The van der Waals surface area contributed by atoms with Crippen LogP contribution in [-0.4, -0.2) is 45.5 Å². The highest BCUT2D eigenvalue weighted by Crippen LogP contribution is 2.13. The molecule has 0 saturated heterocycles. The molecule has 0 atom stereocenters. The van der Waals surface area contributed by atoms with Crippen molar-refractivity contribution in [2.24, 2.45) is 0 Å². The van der Waals surface area contributed by atoms with Crippen molar-refractivity contribution in [3.05, 3.63) is 23.4 Å². The lowest BCUT2D eigenvalue weighted by molar-refractivity contribution is 0.0696. The predicted molar refractivity (Wildman–Crippen MR) is 66.8 cm³/mol. The van der Waals surface area contributed by atoms with E-state index in [4.69, 9.17) is 15.3 Å². The predicted octanol–water partition coefficient (Wildman–Crippen LogP) is 0.497. The third-order valence-electron chi connectivity index (χ3n) is 2.42. The number of hydrogen-bond acceptors (Lipinski definition) is 5. The number of aliphatic hydroxyl groups is 2. The van der Waals surface area contributed by atoms with Crippen molar-refractivity contribution < 1.29 is 20.1 Å². The zero-order valence-corrected chi connectivity index (χ0v) is 10.3. The fourth-order valence-electron chi connectivity index (χ4n) is 1.53. The van der Waals surface area contributed by atoms with Crippen LogP contribution >= 0.6 is 0 Å². The molecule has 0 unspecified atom stereocenters. The van der Waals surface area contributed by atoms with E-state index in [2.05, 4.69) is 10.3 Å². The lowest BCUT2D eigenvalue weighted by Crippen LogP contribution is -2.28. The van der Waals surface area contributed by atoms with Crippen molar-refractivity contribution >= 4 is 11.8 Å². The van der Waals surface area contributed by atoms with Crippen LogP contribution in [-0.2, 0) is 6.42 Å². The molecule has 0 radical (unpaired) electrons. The second-order valence-electron chi connectivity index (χ2n) is 3.99. The number of pyridine rings is 1. The van der Waals surface area contributed by atoms with Crippen LogP contribution in [0.1, 0.15) is 29.4 Å². The van der Waals surface area contributed by atoms with Crippen LogP contribution in [0.15, 0.2) is 12.1 Å². The molecule has 0 spiro atoms. The fourth-order valence-corrected chi connectivity index (χ4v) is 1.53. The van der Waals surface area contributed by atoms with E-state index in [1.165, 1.54) is 12.1 Å². The normalized spacial score (nSPS) is 10.7. The zero-order chi connectivity index (χ0) is 13.5. The van der Waals surface area contributed by atoms with Crippen LogP contribution in [0.3, 0.4) is 0 Å². The maximum atomic E-state index is 11.0. The molecule has 1 aromatic heterocycles. The first kappa shape index (κ1) is 14.4. The Labute approximate surface area is 105 Å². The van der Waals surface area contributed by atoms with E-state index < -0.39 is 12.0 Å². The van der Waals surface area contributed by atoms with Gasteiger partial charge in [-0.2, -0.15) is 0 Å². The van der Waals surface area contributed by atoms with Gasteiger partial charge in [0, 0.05) is 5.69 Å². The molecule has 4 N–H and O–H groups in total. The van der Waals surface area contributed by atoms with Gasteiger partial charge in [0.05, 0.1) is 24.8 Å². The smallest absolute Gasteiger partial charge is 0.335 e. The highest BCUT2D eigenvalue weighted by molar-refractivity contribution is 5.88. The molecular formula is C12H18N2O4. The second kappa shape index (κ2) is 6.93. The lowest BCUT2D eigenvalue weighted by atomic mass is 10.1. The first-order chi connectivity index (χ1) is 8.60. The quantitative estimate of drug-likeness (QED) is 0.565. The van der Waals surface area contributed by atoms with Crippen molar-refractivity contribution in [3.8, 4) is 0 Å². The number of aromatic carboxylic acids is 1. The van der Waals surface area contributed by atoms with E-state index in [9.17, 15) is 4.79 Å². The first-order valence-electron chi connectivity index (χ1n) is 5.83. The standard InChI is InChI=1S/C12H18N2O4/c1-2-3-9-4-8(12(17)18)5-11(13-9)14-10(6-15)7-16/h4-5,10,15-16H,2-3,6-7H2,1H3,(H,13,14)(H,17,18). The number of nitrogens with zero attached hydrogens (tertiary/aromatic N) is 1. The van der Waals surface area contributed by atoms with Crippen molar-refractivity contribution in [1.29, 1.82) is 0 Å². The molecule has 0 saturated carbocycles. The van der Waals surface area contributed by atoms with Gasteiger partial charge in [-0.3, -0.25) is 0 Å². The second-order valence-corrected chi connectivity index (χ2v) is 3.99. The van der Waals surface area contributed by atoms with Gasteiger partial charge < -0.3 is 20.6 Å². The van der Waals surface area contributed by atoms with Crippen molar-refractivity contribution in [2.75, 3.05) is 18.5 Å². The number of carbonyl (C=O) groups is 1. The average molecular weight is 254 g/mol. The van der Waals surface area contributed by atoms with Crippen LogP contribution < -0.4 is 5.32 Å². The topological polar surface area (TPSA) is 103 Å². The van der Waals surface area contributed by atoms with Gasteiger partial charge in [0.25, 0.3) is 0 Å². The minimum Gasteiger partial charge on any atom is -0.478 e. The molecule has 0 aliphatic carbocycles. The Morgan fingerprint density at radius 2 is 2.06 bits per heavy atom. The number of aliphatic hydroxyl groups excluding tert-OH is 2. The van der Waals surface area contributed by atoms with Crippen LogP contribution in [0.5, 0.6) is 0 Å². The molecule has 0 bridgehead atoms. The summed E-state index contributed by atoms with van der Waals surface area (Å²) in [6, 6.07) is 2.38. The molecule has 0 fully saturated rings. The Morgan fingerprint density at radius 1 is 1.39 bits per heavy atom. The number of aromatic nitrogens is 1. The Bertz CT molecular complexity index is 405. The summed E-state index contributed by atoms with van der Waals surface area (Å²) in [5.41, 5.74) is 0.820. The number of carboxylic acids is 1. The Kier molecular flexibility index (Phi) is 5.54. The molecule has 100 valence electrons. The van der Waals surface area contributed by atoms with E-state index in [0.29, 0.717) is 17.9 Å². The number of rotatable bonds is 7. The number of carboxylic acid groups (broad SMARTS) is 1. The summed E-state index contributed by atoms with van der Waals surface area (Å²) in [7, 11) is 0. The summed E-state index contributed by atoms with van der Waals surface area (Å²) in [6.45, 7) is 1.48. The van der Waals surface area contributed by atoms with Gasteiger partial charge >= 0.3 is 5.97 Å². The molecule has 18 heavy (non-hydrogen) atoms. The van der Waals surface area contributed by atoms with Gasteiger partial charge in [-0.15, -0.1) is 0 Å². The van der Waals surface area contributed by atoms with Gasteiger partial charge in [-0.05, 0) is 18.6 Å². The van der Waals surface area contributed by atoms with E-state index in [0.717, 1.165) is 6.42 Å². The summed E-state index contributed by atoms with van der Waals surface area (Å²) in [5, 5.41) is 29.7. The molecule has 0 aromatic carbocycles. The van der Waals surface area contributed by atoms with Gasteiger partial charge in [-0.25, -0.2) is 9.78 Å². The number of aryl methyl sites for hydroxylation is 1. The number of anilines is 1. The van der Waals surface area contributed by atoms with Crippen molar-refractivity contribution in [3.63, 3.8) is 0 Å². The van der Waals surface area contributed by atoms with E-state index in [1.807, 2.05) is 6.92 Å². The summed E-state index contributed by atoms with van der Waals surface area (Å²) in [6.07, 6.45) is 1.54. The molecule has 1 rings (SSSR count). The number of nitrogens with one attached hydrogen (secondary N) is 1. The Hall–Kier alpha value is -1.66. The summed E-state index contributed by atoms with van der Waals surface area (Å²) in [5.74, 6) is -0.672. The molecule has 6 heteroatoms. The maximum absolute atomic E-state index is 11.0. The molecule has 1 heterocycles. The average Bonchev–Trinajstić information content (AvgIpc) is 2.36. The van der Waals surface area contributed by atoms with Crippen LogP contribution in [0, 0.1) is 0 Å². The van der Waals surface area contributed by atoms with Crippen LogP contribution in [0.25, 0.3) is 0 Å². The minimum atomic E-state index is -1.03. The molecule has 0 aliphatic heterocycles. The largest absolute Gasteiger partial charge is 0.478 e. The monoisotopic (exact) mass is 254 g/mol. The Balaban J connectivity index is 2.98. The summed E-state index contributed by atoms with van der Waals surface area (Å²) < 4.78 is 0. The maximum Gasteiger partial charge on any atom is 0.335 e.